The molecule has 0 bridgehead atoms. The Hall–Kier alpha value is -2.30. The van der Waals surface area contributed by atoms with E-state index in [0.29, 0.717) is 12.5 Å². The van der Waals surface area contributed by atoms with Crippen molar-refractivity contribution < 1.29 is 9.47 Å². The van der Waals surface area contributed by atoms with E-state index in [4.69, 9.17) is 9.47 Å². The van der Waals surface area contributed by atoms with Crippen LogP contribution in [-0.2, 0) is 6.61 Å². The normalized spacial score (nSPS) is 14.1. The maximum Gasteiger partial charge on any atom is 0.228 e. The molecule has 0 unspecified atom stereocenters. The van der Waals surface area contributed by atoms with E-state index in [0.717, 1.165) is 41.6 Å². The van der Waals surface area contributed by atoms with Crippen LogP contribution in [0.4, 0.5) is 5.95 Å². The Balaban J connectivity index is 1.78. The van der Waals surface area contributed by atoms with E-state index in [1.807, 2.05) is 38.1 Å². The van der Waals surface area contributed by atoms with E-state index in [1.54, 1.807) is 7.11 Å². The van der Waals surface area contributed by atoms with Crippen LogP contribution in [-0.4, -0.2) is 30.2 Å². The summed E-state index contributed by atoms with van der Waals surface area (Å²) in [5.74, 6) is 2.29. The second-order valence-electron chi connectivity index (χ2n) is 5.87. The third-order valence-corrected chi connectivity index (χ3v) is 4.23. The zero-order valence-electron chi connectivity index (χ0n) is 14.0. The summed E-state index contributed by atoms with van der Waals surface area (Å²) in [6.07, 6.45) is 2.41. The first kappa shape index (κ1) is 15.6. The van der Waals surface area contributed by atoms with E-state index < -0.39 is 0 Å². The first-order valence-corrected chi connectivity index (χ1v) is 8.03. The average molecular weight is 313 g/mol. The summed E-state index contributed by atoms with van der Waals surface area (Å²) in [4.78, 5) is 11.5. The van der Waals surface area contributed by atoms with Gasteiger partial charge in [-0.3, -0.25) is 0 Å². The van der Waals surface area contributed by atoms with Crippen LogP contribution in [0.1, 0.15) is 29.7 Å². The van der Waals surface area contributed by atoms with Crippen molar-refractivity contribution in [2.75, 3.05) is 25.1 Å². The maximum absolute atomic E-state index is 5.97. The van der Waals surface area contributed by atoms with Crippen molar-refractivity contribution >= 4 is 5.95 Å². The van der Waals surface area contributed by atoms with Crippen LogP contribution in [0.5, 0.6) is 11.6 Å². The van der Waals surface area contributed by atoms with Crippen molar-refractivity contribution in [3.63, 3.8) is 0 Å². The van der Waals surface area contributed by atoms with E-state index >= 15 is 0 Å². The molecule has 1 fully saturated rings. The minimum absolute atomic E-state index is 0.466. The molecule has 0 radical (unpaired) electrons. The van der Waals surface area contributed by atoms with E-state index in [1.165, 1.54) is 12.8 Å². The van der Waals surface area contributed by atoms with Gasteiger partial charge < -0.3 is 14.4 Å². The molecule has 2 heterocycles. The summed E-state index contributed by atoms with van der Waals surface area (Å²) >= 11 is 0. The lowest BCUT2D eigenvalue weighted by molar-refractivity contribution is 0.290. The number of aryl methyl sites for hydroxylation is 1. The van der Waals surface area contributed by atoms with E-state index in [-0.39, 0.29) is 0 Å². The Morgan fingerprint density at radius 3 is 2.65 bits per heavy atom. The van der Waals surface area contributed by atoms with Gasteiger partial charge in [-0.2, -0.15) is 4.98 Å². The maximum atomic E-state index is 5.97. The zero-order chi connectivity index (χ0) is 16.2. The smallest absolute Gasteiger partial charge is 0.228 e. The van der Waals surface area contributed by atoms with Gasteiger partial charge >= 0.3 is 0 Å². The molecule has 1 aromatic carbocycles. The number of benzene rings is 1. The molecule has 1 aliphatic rings. The molecule has 0 amide bonds. The SMILES string of the molecule is COc1cccc(COc2nc(N3CCCC3)nc(C)c2C)c1. The Morgan fingerprint density at radius 2 is 1.91 bits per heavy atom. The third kappa shape index (κ3) is 3.55. The molecule has 0 atom stereocenters. The summed E-state index contributed by atoms with van der Waals surface area (Å²) in [7, 11) is 1.67. The fourth-order valence-electron chi connectivity index (χ4n) is 2.70. The number of rotatable bonds is 5. The number of methoxy groups -OCH3 is 1. The number of nitrogens with zero attached hydrogens (tertiary/aromatic N) is 3. The van der Waals surface area contributed by atoms with Gasteiger partial charge in [0.25, 0.3) is 0 Å². The summed E-state index contributed by atoms with van der Waals surface area (Å²) in [6, 6.07) is 7.89. The van der Waals surface area contributed by atoms with Crippen LogP contribution in [0.15, 0.2) is 24.3 Å². The third-order valence-electron chi connectivity index (χ3n) is 4.23. The van der Waals surface area contributed by atoms with Crippen LogP contribution in [0, 0.1) is 13.8 Å². The molecule has 5 heteroatoms. The Morgan fingerprint density at radius 1 is 1.13 bits per heavy atom. The highest BCUT2D eigenvalue weighted by molar-refractivity contribution is 5.40. The fraction of sp³-hybridized carbons (Fsp3) is 0.444. The number of aromatic nitrogens is 2. The van der Waals surface area contributed by atoms with Crippen LogP contribution in [0.2, 0.25) is 0 Å². The second-order valence-corrected chi connectivity index (χ2v) is 5.87. The molecule has 122 valence electrons. The largest absolute Gasteiger partial charge is 0.497 e. The lowest BCUT2D eigenvalue weighted by Gasteiger charge is -2.18. The first-order valence-electron chi connectivity index (χ1n) is 8.03. The number of ether oxygens (including phenoxy) is 2. The summed E-state index contributed by atoms with van der Waals surface area (Å²) in [6.45, 7) is 6.53. The highest BCUT2D eigenvalue weighted by atomic mass is 16.5. The summed E-state index contributed by atoms with van der Waals surface area (Å²) < 4.78 is 11.2. The molecular formula is C18H23N3O2. The minimum Gasteiger partial charge on any atom is -0.497 e. The van der Waals surface area contributed by atoms with Crippen LogP contribution < -0.4 is 14.4 Å². The molecule has 3 rings (SSSR count). The van der Waals surface area contributed by atoms with Gasteiger partial charge in [0.05, 0.1) is 7.11 Å². The average Bonchev–Trinajstić information content (AvgIpc) is 3.11. The zero-order valence-corrected chi connectivity index (χ0v) is 14.0. The standard InChI is InChI=1S/C18H23N3O2/c1-13-14(2)19-18(21-9-4-5-10-21)20-17(13)23-12-15-7-6-8-16(11-15)22-3/h6-8,11H,4-5,9-10,12H2,1-3H3. The van der Waals surface area contributed by atoms with Gasteiger partial charge in [-0.05, 0) is 44.4 Å². The number of hydrogen-bond acceptors (Lipinski definition) is 5. The lowest BCUT2D eigenvalue weighted by Crippen LogP contribution is -2.21. The van der Waals surface area contributed by atoms with Crippen LogP contribution in [0.3, 0.4) is 0 Å². The van der Waals surface area contributed by atoms with Gasteiger partial charge in [0.15, 0.2) is 0 Å². The predicted molar refractivity (Wildman–Crippen MR) is 90.3 cm³/mol. The number of anilines is 1. The highest BCUT2D eigenvalue weighted by Crippen LogP contribution is 2.24. The Kier molecular flexibility index (Phi) is 4.65. The summed E-state index contributed by atoms with van der Waals surface area (Å²) in [5.41, 5.74) is 3.03. The monoisotopic (exact) mass is 313 g/mol. The van der Waals surface area contributed by atoms with Crippen molar-refractivity contribution in [2.24, 2.45) is 0 Å². The predicted octanol–water partition coefficient (Wildman–Crippen LogP) is 3.28. The minimum atomic E-state index is 0.466. The van der Waals surface area contributed by atoms with Gasteiger partial charge in [-0.15, -0.1) is 0 Å². The molecule has 1 aromatic heterocycles. The molecule has 0 spiro atoms. The van der Waals surface area contributed by atoms with Crippen molar-refractivity contribution in [1.29, 1.82) is 0 Å². The van der Waals surface area contributed by atoms with Crippen molar-refractivity contribution in [3.8, 4) is 11.6 Å². The molecular weight excluding hydrogens is 290 g/mol. The van der Waals surface area contributed by atoms with Crippen molar-refractivity contribution in [1.82, 2.24) is 9.97 Å². The molecule has 2 aromatic rings. The van der Waals surface area contributed by atoms with E-state index in [9.17, 15) is 0 Å². The van der Waals surface area contributed by atoms with Crippen LogP contribution in [0.25, 0.3) is 0 Å². The molecule has 5 nitrogen and oxygen atoms in total. The first-order chi connectivity index (χ1) is 11.2. The van der Waals surface area contributed by atoms with Crippen molar-refractivity contribution in [2.45, 2.75) is 33.3 Å². The molecule has 0 aliphatic carbocycles. The molecule has 1 saturated heterocycles. The molecule has 1 aliphatic heterocycles. The molecule has 0 N–H and O–H groups in total. The topological polar surface area (TPSA) is 47.5 Å². The van der Waals surface area contributed by atoms with Crippen LogP contribution >= 0.6 is 0 Å². The fourth-order valence-corrected chi connectivity index (χ4v) is 2.70. The van der Waals surface area contributed by atoms with E-state index in [2.05, 4.69) is 14.9 Å². The number of hydrogen-bond donors (Lipinski definition) is 0. The van der Waals surface area contributed by atoms with Gasteiger partial charge in [0.1, 0.15) is 12.4 Å². The highest BCUT2D eigenvalue weighted by Gasteiger charge is 2.18. The lowest BCUT2D eigenvalue weighted by atomic mass is 10.2. The Labute approximate surface area is 137 Å². The van der Waals surface area contributed by atoms with Gasteiger partial charge in [-0.25, -0.2) is 4.98 Å². The molecule has 23 heavy (non-hydrogen) atoms. The summed E-state index contributed by atoms with van der Waals surface area (Å²) in [5, 5.41) is 0. The van der Waals surface area contributed by atoms with Crippen molar-refractivity contribution in [3.05, 3.63) is 41.1 Å². The van der Waals surface area contributed by atoms with Gasteiger partial charge in [-0.1, -0.05) is 12.1 Å². The Bertz CT molecular complexity index is 682. The van der Waals surface area contributed by atoms with Gasteiger partial charge in [0, 0.05) is 24.3 Å². The second kappa shape index (κ2) is 6.86. The van der Waals surface area contributed by atoms with Gasteiger partial charge in [0.2, 0.25) is 11.8 Å². The molecule has 0 saturated carbocycles. The quantitative estimate of drug-likeness (QED) is 0.848.